The first kappa shape index (κ1) is 24.1. The number of hydrogen-bond acceptors (Lipinski definition) is 8. The predicted octanol–water partition coefficient (Wildman–Crippen LogP) is 0.965. The molecule has 0 aliphatic carbocycles. The van der Waals surface area contributed by atoms with E-state index in [9.17, 15) is 14.7 Å². The van der Waals surface area contributed by atoms with Crippen molar-refractivity contribution in [2.45, 2.75) is 25.4 Å². The number of ether oxygens (including phenoxy) is 1. The highest BCUT2D eigenvalue weighted by Crippen LogP contribution is 2.09. The number of methoxy groups -OCH3 is 1. The number of aliphatic hydroxyl groups is 1. The molecular weight excluding hydrogens is 382 g/mol. The van der Waals surface area contributed by atoms with Crippen molar-refractivity contribution in [3.63, 3.8) is 0 Å². The van der Waals surface area contributed by atoms with Gasteiger partial charge in [0.2, 0.25) is 0 Å². The van der Waals surface area contributed by atoms with E-state index >= 15 is 0 Å². The van der Waals surface area contributed by atoms with Crippen molar-refractivity contribution < 1.29 is 34.5 Å². The average molecular weight is 409 g/mol. The van der Waals surface area contributed by atoms with Gasteiger partial charge >= 0.3 is 11.9 Å². The van der Waals surface area contributed by atoms with E-state index in [4.69, 9.17) is 19.8 Å². The lowest BCUT2D eigenvalue weighted by Gasteiger charge is -2.27. The molecule has 1 saturated heterocycles. The molecule has 2 rings (SSSR count). The van der Waals surface area contributed by atoms with E-state index in [1.807, 2.05) is 6.07 Å². The van der Waals surface area contributed by atoms with Gasteiger partial charge in [-0.3, -0.25) is 4.98 Å². The minimum atomic E-state index is -1.26. The summed E-state index contributed by atoms with van der Waals surface area (Å²) in [6, 6.07) is 3.64. The fourth-order valence-corrected chi connectivity index (χ4v) is 2.51. The van der Waals surface area contributed by atoms with Crippen LogP contribution in [0.25, 0.3) is 0 Å². The molecule has 1 unspecified atom stereocenters. The maximum absolute atomic E-state index is 9.97. The molecule has 160 valence electrons. The number of pyridine rings is 1. The number of rotatable bonds is 8. The fourth-order valence-electron chi connectivity index (χ4n) is 2.51. The molecule has 1 atom stereocenters. The highest BCUT2D eigenvalue weighted by Gasteiger charge is 2.15. The smallest absolute Gasteiger partial charge is 0.328 e. The van der Waals surface area contributed by atoms with E-state index in [0.29, 0.717) is 24.6 Å². The minimum Gasteiger partial charge on any atom is -0.478 e. The third-order valence-electron chi connectivity index (χ3n) is 3.80. The van der Waals surface area contributed by atoms with Crippen molar-refractivity contribution in [2.75, 3.05) is 33.4 Å². The van der Waals surface area contributed by atoms with Crippen molar-refractivity contribution >= 4 is 17.8 Å². The lowest BCUT2D eigenvalue weighted by Crippen LogP contribution is -2.38. The average Bonchev–Trinajstić information content (AvgIpc) is 2.71. The Hall–Kier alpha value is -2.98. The Morgan fingerprint density at radius 2 is 1.90 bits per heavy atom. The Kier molecular flexibility index (Phi) is 11.7. The molecule has 1 aliphatic rings. The molecule has 2 heterocycles. The van der Waals surface area contributed by atoms with E-state index in [1.54, 1.807) is 18.5 Å². The topological polar surface area (TPSA) is 142 Å². The Morgan fingerprint density at radius 3 is 2.41 bits per heavy atom. The number of β-amino-alcohol motifs (C(OH)–C–C–N with tert-alkyl or cyclic N) is 1. The van der Waals surface area contributed by atoms with Crippen LogP contribution >= 0.6 is 0 Å². The Morgan fingerprint density at radius 1 is 1.24 bits per heavy atom. The van der Waals surface area contributed by atoms with Crippen molar-refractivity contribution in [2.24, 2.45) is 5.16 Å². The third-order valence-corrected chi connectivity index (χ3v) is 3.80. The van der Waals surface area contributed by atoms with Crippen LogP contribution in [0, 0.1) is 0 Å². The van der Waals surface area contributed by atoms with Gasteiger partial charge in [0.25, 0.3) is 5.90 Å². The summed E-state index contributed by atoms with van der Waals surface area (Å²) in [5.74, 6) is -2.16. The molecule has 0 amide bonds. The number of oxime groups is 1. The van der Waals surface area contributed by atoms with Crippen LogP contribution in [0.5, 0.6) is 0 Å². The molecule has 10 heteroatoms. The SMILES string of the molecule is COC(=NOCC(O)CN1CCCCC1)c1cccnc1.O=C(O)/C=C\C(=O)O. The summed E-state index contributed by atoms with van der Waals surface area (Å²) in [5.41, 5.74) is 0.741. The zero-order valence-corrected chi connectivity index (χ0v) is 16.3. The van der Waals surface area contributed by atoms with Gasteiger partial charge in [0.15, 0.2) is 0 Å². The largest absolute Gasteiger partial charge is 0.478 e. The monoisotopic (exact) mass is 409 g/mol. The zero-order valence-electron chi connectivity index (χ0n) is 16.3. The molecule has 3 N–H and O–H groups in total. The molecule has 0 aromatic carbocycles. The number of carboxylic acids is 2. The summed E-state index contributed by atoms with van der Waals surface area (Å²) in [4.78, 5) is 30.6. The van der Waals surface area contributed by atoms with E-state index in [-0.39, 0.29) is 6.61 Å². The van der Waals surface area contributed by atoms with Crippen molar-refractivity contribution in [1.82, 2.24) is 9.88 Å². The summed E-state index contributed by atoms with van der Waals surface area (Å²) in [7, 11) is 1.53. The van der Waals surface area contributed by atoms with Crippen LogP contribution in [0.4, 0.5) is 0 Å². The van der Waals surface area contributed by atoms with Crippen molar-refractivity contribution in [1.29, 1.82) is 0 Å². The van der Waals surface area contributed by atoms with Crippen LogP contribution in [0.1, 0.15) is 24.8 Å². The maximum atomic E-state index is 9.97. The Balaban J connectivity index is 0.000000447. The summed E-state index contributed by atoms with van der Waals surface area (Å²) in [6.07, 6.45) is 7.61. The normalized spacial score (nSPS) is 15.9. The van der Waals surface area contributed by atoms with E-state index in [2.05, 4.69) is 15.0 Å². The minimum absolute atomic E-state index is 0.156. The molecule has 1 aliphatic heterocycles. The number of aromatic nitrogens is 1. The van der Waals surface area contributed by atoms with E-state index in [0.717, 1.165) is 18.7 Å². The molecule has 10 nitrogen and oxygen atoms in total. The molecular formula is C19H27N3O7. The lowest BCUT2D eigenvalue weighted by molar-refractivity contribution is -0.134. The molecule has 0 radical (unpaired) electrons. The fraction of sp³-hybridized carbons (Fsp3) is 0.474. The van der Waals surface area contributed by atoms with Crippen LogP contribution in [0.2, 0.25) is 0 Å². The number of nitrogens with zero attached hydrogens (tertiary/aromatic N) is 3. The lowest BCUT2D eigenvalue weighted by atomic mass is 10.1. The molecule has 0 bridgehead atoms. The van der Waals surface area contributed by atoms with Gasteiger partial charge < -0.3 is 29.8 Å². The first-order valence-corrected chi connectivity index (χ1v) is 9.11. The summed E-state index contributed by atoms with van der Waals surface area (Å²) >= 11 is 0. The van der Waals surface area contributed by atoms with Gasteiger partial charge in [-0.2, -0.15) is 0 Å². The van der Waals surface area contributed by atoms with Gasteiger partial charge in [-0.15, -0.1) is 0 Å². The highest BCUT2D eigenvalue weighted by atomic mass is 16.7. The summed E-state index contributed by atoms with van der Waals surface area (Å²) < 4.78 is 5.16. The molecule has 0 spiro atoms. The molecule has 1 fully saturated rings. The number of aliphatic hydroxyl groups excluding tert-OH is 1. The maximum Gasteiger partial charge on any atom is 0.328 e. The molecule has 1 aromatic rings. The number of likely N-dealkylation sites (tertiary alicyclic amines) is 1. The van der Waals surface area contributed by atoms with Crippen LogP contribution < -0.4 is 0 Å². The first-order chi connectivity index (χ1) is 13.9. The number of hydrogen-bond donors (Lipinski definition) is 3. The standard InChI is InChI=1S/C15H23N3O3.C4H4O4/c1-20-15(13-6-5-7-16-10-13)17-21-12-14(19)11-18-8-3-2-4-9-18;5-3(6)1-2-4(7)8/h5-7,10,14,19H,2-4,8-9,11-12H2,1H3;1-2H,(H,5,6)(H,7,8)/b;2-1-. The molecule has 29 heavy (non-hydrogen) atoms. The van der Waals surface area contributed by atoms with Crippen LogP contribution in [0.3, 0.4) is 0 Å². The summed E-state index contributed by atoms with van der Waals surface area (Å²) in [5, 5.41) is 29.5. The second-order valence-electron chi connectivity index (χ2n) is 6.16. The second kappa shape index (κ2) is 14.1. The van der Waals surface area contributed by atoms with Gasteiger partial charge in [0, 0.05) is 31.1 Å². The predicted molar refractivity (Wildman–Crippen MR) is 104 cm³/mol. The van der Waals surface area contributed by atoms with Crippen LogP contribution in [-0.2, 0) is 19.2 Å². The Labute approximate surface area is 169 Å². The van der Waals surface area contributed by atoms with Gasteiger partial charge in [-0.1, -0.05) is 6.42 Å². The highest BCUT2D eigenvalue weighted by molar-refractivity contribution is 5.93. The molecule has 1 aromatic heterocycles. The van der Waals surface area contributed by atoms with Crippen LogP contribution in [0.15, 0.2) is 41.8 Å². The third kappa shape index (κ3) is 11.5. The van der Waals surface area contributed by atoms with Gasteiger partial charge in [0.05, 0.1) is 12.7 Å². The van der Waals surface area contributed by atoms with Gasteiger partial charge in [-0.25, -0.2) is 9.59 Å². The number of carbonyl (C=O) groups is 2. The zero-order chi connectivity index (χ0) is 21.5. The number of aliphatic carboxylic acids is 2. The van der Waals surface area contributed by atoms with Crippen molar-refractivity contribution in [3.8, 4) is 0 Å². The summed E-state index contributed by atoms with van der Waals surface area (Å²) in [6.45, 7) is 2.90. The quantitative estimate of drug-likeness (QED) is 0.248. The van der Waals surface area contributed by atoms with E-state index in [1.165, 1.54) is 26.4 Å². The van der Waals surface area contributed by atoms with Gasteiger partial charge in [-0.05, 0) is 43.2 Å². The Bertz CT molecular complexity index is 658. The number of piperidine rings is 1. The second-order valence-corrected chi connectivity index (χ2v) is 6.16. The van der Waals surface area contributed by atoms with Crippen molar-refractivity contribution in [3.05, 3.63) is 42.2 Å². The molecule has 0 saturated carbocycles. The first-order valence-electron chi connectivity index (χ1n) is 9.11. The van der Waals surface area contributed by atoms with E-state index < -0.39 is 18.0 Å². The van der Waals surface area contributed by atoms with Crippen LogP contribution in [-0.4, -0.2) is 82.5 Å². The van der Waals surface area contributed by atoms with Gasteiger partial charge in [0.1, 0.15) is 12.7 Å². The number of carboxylic acid groups (broad SMARTS) is 2.